The Hall–Kier alpha value is -4.70. The maximum absolute atomic E-state index is 7.26. The second-order valence-electron chi connectivity index (χ2n) is 20.3. The number of benzene rings is 3. The Morgan fingerprint density at radius 2 is 1.56 bits per heavy atom. The first-order valence-corrected chi connectivity index (χ1v) is 22.2. The zero-order valence-electron chi connectivity index (χ0n) is 38.9. The number of rotatable bonds is 12. The van der Waals surface area contributed by atoms with Crippen molar-refractivity contribution < 1.29 is 4.42 Å². The predicted molar refractivity (Wildman–Crippen MR) is 261 cm³/mol. The van der Waals surface area contributed by atoms with Crippen LogP contribution in [-0.4, -0.2) is 6.71 Å². The van der Waals surface area contributed by atoms with E-state index < -0.39 is 0 Å². The Kier molecular flexibility index (Phi) is 12.5. The first-order valence-electron chi connectivity index (χ1n) is 22.2. The van der Waals surface area contributed by atoms with Gasteiger partial charge in [-0.2, -0.15) is 0 Å². The molecular formula is C55H71BN2O. The molecule has 2 heterocycles. The van der Waals surface area contributed by atoms with Crippen LogP contribution in [0.2, 0.25) is 0 Å². The molecule has 1 aliphatic carbocycles. The van der Waals surface area contributed by atoms with Gasteiger partial charge < -0.3 is 14.6 Å². The SMILES string of the molecule is C=C\C=C/C=C/C(=C/C)C(=C\C)/Nc1cc(C)cc2c1B(c1cc3cc4c(cc3o1)C(C)(C)CCC4(C)C)c1cc(C(C)(C)CC)c(CC)cc1N2/C=C/CC(C)(C)C. The highest BCUT2D eigenvalue weighted by atomic mass is 16.3. The summed E-state index contributed by atoms with van der Waals surface area (Å²) < 4.78 is 7.26. The molecule has 0 amide bonds. The van der Waals surface area contributed by atoms with Crippen molar-refractivity contribution in [2.45, 2.75) is 145 Å². The van der Waals surface area contributed by atoms with Gasteiger partial charge in [0.05, 0.1) is 5.66 Å². The number of nitrogens with zero attached hydrogens (tertiary/aromatic N) is 1. The summed E-state index contributed by atoms with van der Waals surface area (Å²) in [6, 6.07) is 17.0. The highest BCUT2D eigenvalue weighted by Crippen LogP contribution is 2.47. The minimum atomic E-state index is -0.156. The van der Waals surface area contributed by atoms with Crippen LogP contribution in [0.15, 0.2) is 120 Å². The largest absolute Gasteiger partial charge is 0.470 e. The lowest BCUT2D eigenvalue weighted by Crippen LogP contribution is -2.58. The molecule has 3 nitrogen and oxygen atoms in total. The smallest absolute Gasteiger partial charge is 0.294 e. The van der Waals surface area contributed by atoms with Gasteiger partial charge in [-0.25, -0.2) is 0 Å². The fourth-order valence-electron chi connectivity index (χ4n) is 9.20. The van der Waals surface area contributed by atoms with E-state index in [2.05, 4.69) is 193 Å². The van der Waals surface area contributed by atoms with Crippen molar-refractivity contribution in [1.82, 2.24) is 0 Å². The van der Waals surface area contributed by atoms with E-state index >= 15 is 0 Å². The Labute approximate surface area is 358 Å². The van der Waals surface area contributed by atoms with E-state index in [0.29, 0.717) is 0 Å². The number of hydrogen-bond donors (Lipinski definition) is 1. The maximum atomic E-state index is 7.26. The van der Waals surface area contributed by atoms with Gasteiger partial charge in [0.1, 0.15) is 5.58 Å². The van der Waals surface area contributed by atoms with Gasteiger partial charge in [-0.3, -0.25) is 0 Å². The van der Waals surface area contributed by atoms with Crippen molar-refractivity contribution in [3.05, 3.63) is 143 Å². The monoisotopic (exact) mass is 787 g/mol. The molecule has 310 valence electrons. The maximum Gasteiger partial charge on any atom is 0.294 e. The summed E-state index contributed by atoms with van der Waals surface area (Å²) in [6.45, 7) is 36.1. The van der Waals surface area contributed by atoms with Crippen molar-refractivity contribution in [1.29, 1.82) is 0 Å². The molecule has 3 aromatic carbocycles. The summed E-state index contributed by atoms with van der Waals surface area (Å²) >= 11 is 0. The Bertz CT molecular complexity index is 2330. The fraction of sp³-hybridized carbons (Fsp3) is 0.418. The Morgan fingerprint density at radius 3 is 2.17 bits per heavy atom. The molecule has 0 spiro atoms. The molecule has 0 saturated carbocycles. The zero-order valence-corrected chi connectivity index (χ0v) is 38.9. The number of fused-ring (bicyclic) bond motifs is 4. The molecule has 0 unspecified atom stereocenters. The van der Waals surface area contributed by atoms with Crippen LogP contribution in [0.5, 0.6) is 0 Å². The molecule has 6 rings (SSSR count). The second kappa shape index (κ2) is 16.8. The van der Waals surface area contributed by atoms with E-state index in [9.17, 15) is 0 Å². The van der Waals surface area contributed by atoms with Crippen molar-refractivity contribution in [2.24, 2.45) is 5.41 Å². The standard InChI is InChI=1S/C55H71BN2O/c1-16-21-22-23-25-38(17-2)45(19-4)57-46-30-37(6)31-48-51(46)56(50-34-40-32-42-43(36-49(40)59-50)55(14,15)28-27-54(42,12)13)44-35-41(53(10,11)20-5)39(18-3)33-47(44)58(48)29-24-26-52(7,8)9/h16-17,19,21-25,29-36,57H,1,18,20,26-28H2,2-15H3/b22-21-,25-23+,29-24+,38-17-,45-19+. The average molecular weight is 787 g/mol. The lowest BCUT2D eigenvalue weighted by Gasteiger charge is -2.41. The van der Waals surface area contributed by atoms with Crippen LogP contribution in [0, 0.1) is 12.3 Å². The number of hydrogen-bond acceptors (Lipinski definition) is 3. The zero-order chi connectivity index (χ0) is 43.1. The number of anilines is 3. The highest BCUT2D eigenvalue weighted by molar-refractivity contribution is 6.98. The van der Waals surface area contributed by atoms with Crippen LogP contribution in [0.4, 0.5) is 17.1 Å². The normalized spacial score (nSPS) is 17.0. The summed E-state index contributed by atoms with van der Waals surface area (Å²) in [5, 5.41) is 5.19. The fourth-order valence-corrected chi connectivity index (χ4v) is 9.20. The van der Waals surface area contributed by atoms with E-state index in [-0.39, 0.29) is 28.4 Å². The quantitative estimate of drug-likeness (QED) is 0.115. The van der Waals surface area contributed by atoms with Crippen molar-refractivity contribution in [3.8, 4) is 0 Å². The van der Waals surface area contributed by atoms with E-state index in [1.165, 1.54) is 68.3 Å². The van der Waals surface area contributed by atoms with Gasteiger partial charge in [-0.1, -0.05) is 137 Å². The van der Waals surface area contributed by atoms with E-state index in [4.69, 9.17) is 4.42 Å². The molecule has 1 aliphatic heterocycles. The van der Waals surface area contributed by atoms with E-state index in [0.717, 1.165) is 47.5 Å². The van der Waals surface area contributed by atoms with Crippen LogP contribution < -0.4 is 26.8 Å². The van der Waals surface area contributed by atoms with Crippen LogP contribution in [0.3, 0.4) is 0 Å². The lowest BCUT2D eigenvalue weighted by molar-refractivity contribution is 0.332. The number of aryl methyl sites for hydroxylation is 2. The third-order valence-corrected chi connectivity index (χ3v) is 13.3. The van der Waals surface area contributed by atoms with E-state index in [1.54, 1.807) is 6.08 Å². The summed E-state index contributed by atoms with van der Waals surface area (Å²) in [6.07, 6.45) is 24.4. The summed E-state index contributed by atoms with van der Waals surface area (Å²) in [5.74, 6) is 0. The first kappa shape index (κ1) is 43.9. The van der Waals surface area contributed by atoms with E-state index in [1.807, 2.05) is 12.2 Å². The number of allylic oxidation sites excluding steroid dienone is 8. The molecule has 0 saturated heterocycles. The molecule has 0 radical (unpaired) electrons. The summed E-state index contributed by atoms with van der Waals surface area (Å²) in [7, 11) is 0. The molecule has 1 aromatic heterocycles. The van der Waals surface area contributed by atoms with Crippen LogP contribution in [0.25, 0.3) is 11.0 Å². The van der Waals surface area contributed by atoms with Crippen LogP contribution in [-0.2, 0) is 22.7 Å². The Balaban J connectivity index is 1.69. The van der Waals surface area contributed by atoms with Crippen molar-refractivity contribution in [3.63, 3.8) is 0 Å². The Morgan fingerprint density at radius 1 is 0.864 bits per heavy atom. The third kappa shape index (κ3) is 8.80. The van der Waals surface area contributed by atoms with Crippen molar-refractivity contribution in [2.75, 3.05) is 10.2 Å². The summed E-state index contributed by atoms with van der Waals surface area (Å²) in [5.41, 5.74) is 17.4. The molecule has 0 fully saturated rings. The number of nitrogens with one attached hydrogen (secondary N) is 1. The van der Waals surface area contributed by atoms with Crippen LogP contribution >= 0.6 is 0 Å². The molecule has 4 aromatic rings. The molecule has 0 atom stereocenters. The van der Waals surface area contributed by atoms with Gasteiger partial charge in [0, 0.05) is 34.3 Å². The van der Waals surface area contributed by atoms with Gasteiger partial charge in [0.2, 0.25) is 0 Å². The van der Waals surface area contributed by atoms with Crippen molar-refractivity contribution >= 4 is 51.3 Å². The third-order valence-electron chi connectivity index (χ3n) is 13.3. The first-order chi connectivity index (χ1) is 27.8. The molecule has 2 aliphatic rings. The van der Waals surface area contributed by atoms with Gasteiger partial charge in [0.25, 0.3) is 6.71 Å². The minimum absolute atomic E-state index is 0.00186. The summed E-state index contributed by atoms with van der Waals surface area (Å²) in [4.78, 5) is 2.48. The molecule has 4 heteroatoms. The van der Waals surface area contributed by atoms with Gasteiger partial charge in [-0.15, -0.1) is 0 Å². The lowest BCUT2D eigenvalue weighted by atomic mass is 9.36. The molecule has 59 heavy (non-hydrogen) atoms. The predicted octanol–water partition coefficient (Wildman–Crippen LogP) is 13.8. The molecule has 0 bridgehead atoms. The topological polar surface area (TPSA) is 28.4 Å². The minimum Gasteiger partial charge on any atom is -0.470 e. The average Bonchev–Trinajstić information content (AvgIpc) is 3.60. The molecule has 1 N–H and O–H groups in total. The molecular weight excluding hydrogens is 715 g/mol. The highest BCUT2D eigenvalue weighted by Gasteiger charge is 2.42. The van der Waals surface area contributed by atoms with Gasteiger partial charge >= 0.3 is 0 Å². The second-order valence-corrected chi connectivity index (χ2v) is 20.3. The number of furan rings is 1. The van der Waals surface area contributed by atoms with Gasteiger partial charge in [0.15, 0.2) is 0 Å². The van der Waals surface area contributed by atoms with Crippen LogP contribution in [0.1, 0.15) is 144 Å². The van der Waals surface area contributed by atoms with Gasteiger partial charge in [-0.05, 0) is 155 Å².